The first-order valence-corrected chi connectivity index (χ1v) is 8.38. The Labute approximate surface area is 131 Å². The summed E-state index contributed by atoms with van der Waals surface area (Å²) >= 11 is 12.2. The molecule has 0 bridgehead atoms. The monoisotopic (exact) mass is 328 g/mol. The molecule has 108 valence electrons. The molecule has 3 rings (SSSR count). The van der Waals surface area contributed by atoms with Gasteiger partial charge in [-0.3, -0.25) is 4.90 Å². The van der Waals surface area contributed by atoms with Crippen LogP contribution in [0.3, 0.4) is 0 Å². The van der Waals surface area contributed by atoms with Gasteiger partial charge in [0.1, 0.15) is 10.5 Å². The zero-order valence-corrected chi connectivity index (χ0v) is 13.4. The van der Waals surface area contributed by atoms with E-state index in [1.54, 1.807) is 11.8 Å². The molecule has 0 amide bonds. The van der Waals surface area contributed by atoms with Crippen molar-refractivity contribution >= 4 is 47.1 Å². The fourth-order valence-electron chi connectivity index (χ4n) is 2.28. The van der Waals surface area contributed by atoms with E-state index < -0.39 is 0 Å². The highest BCUT2D eigenvalue weighted by Gasteiger charge is 2.18. The van der Waals surface area contributed by atoms with Gasteiger partial charge in [0.2, 0.25) is 0 Å². The van der Waals surface area contributed by atoms with Crippen LogP contribution in [-0.4, -0.2) is 58.5 Å². The lowest BCUT2D eigenvalue weighted by Gasteiger charge is -2.26. The molecule has 2 N–H and O–H groups in total. The largest absolute Gasteiger partial charge is 0.379 e. The molecule has 1 aromatic heterocycles. The Morgan fingerprint density at radius 2 is 2.05 bits per heavy atom. The topological polar surface area (TPSA) is 56.4 Å². The molecule has 1 fully saturated rings. The van der Waals surface area contributed by atoms with Crippen molar-refractivity contribution in [2.24, 2.45) is 4.99 Å². The van der Waals surface area contributed by atoms with Gasteiger partial charge in [0, 0.05) is 37.4 Å². The van der Waals surface area contributed by atoms with E-state index >= 15 is 0 Å². The third kappa shape index (κ3) is 3.37. The van der Waals surface area contributed by atoms with Crippen molar-refractivity contribution in [2.75, 3.05) is 38.6 Å². The summed E-state index contributed by atoms with van der Waals surface area (Å²) in [7, 11) is 0. The predicted molar refractivity (Wildman–Crippen MR) is 87.3 cm³/mol. The fraction of sp³-hybridized carbons (Fsp3) is 0.583. The van der Waals surface area contributed by atoms with Crippen molar-refractivity contribution < 1.29 is 4.74 Å². The van der Waals surface area contributed by atoms with Gasteiger partial charge in [-0.2, -0.15) is 0 Å². The number of ether oxygens (including phenoxy) is 1. The summed E-state index contributed by atoms with van der Waals surface area (Å²) in [6.07, 6.45) is 0.810. The molecule has 2 aliphatic heterocycles. The number of nitrogens with one attached hydrogen (secondary N) is 2. The molecule has 0 aliphatic carbocycles. The minimum absolute atomic E-state index is 0.539. The average molecular weight is 328 g/mol. The SMILES string of the molecule is S=c1[nH]c2c(c(=S)[nH]1)CC(SCCN1CCOCC1)=N2. The van der Waals surface area contributed by atoms with Gasteiger partial charge in [0.15, 0.2) is 4.77 Å². The summed E-state index contributed by atoms with van der Waals surface area (Å²) in [4.78, 5) is 13.0. The van der Waals surface area contributed by atoms with Gasteiger partial charge in [-0.05, 0) is 12.2 Å². The van der Waals surface area contributed by atoms with Crippen LogP contribution in [0.4, 0.5) is 5.82 Å². The van der Waals surface area contributed by atoms with E-state index in [2.05, 4.69) is 19.9 Å². The fourth-order valence-corrected chi connectivity index (χ4v) is 3.80. The van der Waals surface area contributed by atoms with Gasteiger partial charge in [-0.25, -0.2) is 4.99 Å². The van der Waals surface area contributed by atoms with Crippen LogP contribution < -0.4 is 0 Å². The molecule has 8 heteroatoms. The highest BCUT2D eigenvalue weighted by atomic mass is 32.2. The highest BCUT2D eigenvalue weighted by molar-refractivity contribution is 8.14. The lowest BCUT2D eigenvalue weighted by atomic mass is 10.3. The Balaban J connectivity index is 1.55. The van der Waals surface area contributed by atoms with Crippen molar-refractivity contribution in [2.45, 2.75) is 6.42 Å². The first-order valence-electron chi connectivity index (χ1n) is 6.58. The minimum atomic E-state index is 0.539. The van der Waals surface area contributed by atoms with Crippen LogP contribution in [0.2, 0.25) is 0 Å². The number of thioether (sulfide) groups is 1. The molecule has 20 heavy (non-hydrogen) atoms. The first kappa shape index (κ1) is 14.4. The first-order chi connectivity index (χ1) is 9.72. The van der Waals surface area contributed by atoms with E-state index in [1.165, 1.54) is 0 Å². The predicted octanol–water partition coefficient (Wildman–Crippen LogP) is 2.45. The molecule has 0 saturated carbocycles. The van der Waals surface area contributed by atoms with Crippen LogP contribution in [0.1, 0.15) is 5.56 Å². The second kappa shape index (κ2) is 6.48. The number of hydrogen-bond donors (Lipinski definition) is 2. The molecule has 0 atom stereocenters. The van der Waals surface area contributed by atoms with Crippen molar-refractivity contribution in [3.8, 4) is 0 Å². The number of aliphatic imine (C=N–C) groups is 1. The smallest absolute Gasteiger partial charge is 0.177 e. The van der Waals surface area contributed by atoms with E-state index in [-0.39, 0.29) is 0 Å². The molecule has 1 saturated heterocycles. The molecule has 0 aromatic carbocycles. The Morgan fingerprint density at radius 1 is 1.25 bits per heavy atom. The molecule has 0 unspecified atom stereocenters. The number of nitrogens with zero attached hydrogens (tertiary/aromatic N) is 2. The van der Waals surface area contributed by atoms with Gasteiger partial charge >= 0.3 is 0 Å². The van der Waals surface area contributed by atoms with Crippen molar-refractivity contribution in [1.82, 2.24) is 14.9 Å². The standard InChI is InChI=1S/C12H16N4OS3/c18-11-8-7-9(13-10(8)14-12(19)15-11)20-6-3-16-1-4-17-5-2-16/h1-7H2,(H2,14,15,18,19). The number of morpholine rings is 1. The summed E-state index contributed by atoms with van der Waals surface area (Å²) in [6, 6.07) is 0. The normalized spacial score (nSPS) is 18.9. The maximum atomic E-state index is 5.34. The van der Waals surface area contributed by atoms with E-state index in [4.69, 9.17) is 29.2 Å². The van der Waals surface area contributed by atoms with Gasteiger partial charge in [-0.15, -0.1) is 11.8 Å². The van der Waals surface area contributed by atoms with Crippen LogP contribution in [0.25, 0.3) is 0 Å². The molecule has 5 nitrogen and oxygen atoms in total. The molecule has 3 heterocycles. The molecular weight excluding hydrogens is 312 g/mol. The average Bonchev–Trinajstić information content (AvgIpc) is 2.83. The van der Waals surface area contributed by atoms with E-state index in [0.29, 0.717) is 9.41 Å². The van der Waals surface area contributed by atoms with Crippen LogP contribution >= 0.6 is 36.2 Å². The Morgan fingerprint density at radius 3 is 2.85 bits per heavy atom. The number of hydrogen-bond acceptors (Lipinski definition) is 6. The van der Waals surface area contributed by atoms with Crippen LogP contribution in [0.5, 0.6) is 0 Å². The summed E-state index contributed by atoms with van der Waals surface area (Å²) in [6.45, 7) is 4.84. The lowest BCUT2D eigenvalue weighted by Crippen LogP contribution is -2.37. The zero-order chi connectivity index (χ0) is 13.9. The number of rotatable bonds is 3. The number of aromatic amines is 2. The maximum absolute atomic E-state index is 5.34. The van der Waals surface area contributed by atoms with Gasteiger partial charge in [0.05, 0.1) is 18.3 Å². The zero-order valence-electron chi connectivity index (χ0n) is 11.0. The Kier molecular flexibility index (Phi) is 4.67. The molecule has 0 radical (unpaired) electrons. The second-order valence-corrected chi connectivity index (χ2v) is 6.70. The molecule has 2 aliphatic rings. The third-order valence-corrected chi connectivity index (χ3v) is 4.87. The molecular formula is C12H16N4OS3. The highest BCUT2D eigenvalue weighted by Crippen LogP contribution is 2.28. The van der Waals surface area contributed by atoms with E-state index in [9.17, 15) is 0 Å². The number of fused-ring (bicyclic) bond motifs is 1. The summed E-state index contributed by atoms with van der Waals surface area (Å²) < 4.78 is 6.59. The summed E-state index contributed by atoms with van der Waals surface area (Å²) in [5.41, 5.74) is 1.06. The second-order valence-electron chi connectivity index (χ2n) is 4.72. The number of H-pyrrole nitrogens is 2. The van der Waals surface area contributed by atoms with Crippen LogP contribution in [-0.2, 0) is 11.2 Å². The Bertz CT molecular complexity index is 630. The summed E-state index contributed by atoms with van der Waals surface area (Å²) in [5, 5.41) is 1.12. The van der Waals surface area contributed by atoms with E-state index in [0.717, 1.165) is 61.4 Å². The quantitative estimate of drug-likeness (QED) is 0.835. The molecule has 0 spiro atoms. The van der Waals surface area contributed by atoms with E-state index in [1.807, 2.05) is 0 Å². The van der Waals surface area contributed by atoms with Gasteiger partial charge < -0.3 is 14.7 Å². The summed E-state index contributed by atoms with van der Waals surface area (Å²) in [5.74, 6) is 1.87. The van der Waals surface area contributed by atoms with Gasteiger partial charge in [0.25, 0.3) is 0 Å². The third-order valence-electron chi connectivity index (χ3n) is 3.36. The lowest BCUT2D eigenvalue weighted by molar-refractivity contribution is 0.0410. The van der Waals surface area contributed by atoms with Gasteiger partial charge in [-0.1, -0.05) is 12.2 Å². The van der Waals surface area contributed by atoms with Crippen LogP contribution in [0.15, 0.2) is 4.99 Å². The van der Waals surface area contributed by atoms with Crippen molar-refractivity contribution in [1.29, 1.82) is 0 Å². The Hall–Kier alpha value is -0.540. The molecule has 1 aromatic rings. The van der Waals surface area contributed by atoms with Crippen molar-refractivity contribution in [3.05, 3.63) is 15.0 Å². The van der Waals surface area contributed by atoms with Crippen LogP contribution in [0, 0.1) is 9.41 Å². The van der Waals surface area contributed by atoms with Crippen molar-refractivity contribution in [3.63, 3.8) is 0 Å². The number of aromatic nitrogens is 2. The maximum Gasteiger partial charge on any atom is 0.177 e. The minimum Gasteiger partial charge on any atom is -0.379 e.